The van der Waals surface area contributed by atoms with Gasteiger partial charge in [0.1, 0.15) is 5.82 Å². The summed E-state index contributed by atoms with van der Waals surface area (Å²) in [7, 11) is 1.62. The van der Waals surface area contributed by atoms with Crippen molar-refractivity contribution in [2.75, 3.05) is 7.11 Å². The Balaban J connectivity index is 2.33. The molecule has 1 aliphatic carbocycles. The van der Waals surface area contributed by atoms with E-state index in [1.165, 1.54) is 6.07 Å². The maximum atomic E-state index is 13.4. The van der Waals surface area contributed by atoms with Gasteiger partial charge in [-0.3, -0.25) is 0 Å². The van der Waals surface area contributed by atoms with Crippen LogP contribution in [0, 0.1) is 5.82 Å². The first kappa shape index (κ1) is 9.62. The number of methoxy groups -OCH3 is 1. The van der Waals surface area contributed by atoms with Crippen LogP contribution in [0.4, 0.5) is 4.39 Å². The zero-order valence-corrected chi connectivity index (χ0v) is 8.22. The second-order valence-corrected chi connectivity index (χ2v) is 3.90. The Morgan fingerprint density at radius 3 is 2.79 bits per heavy atom. The van der Waals surface area contributed by atoms with Crippen molar-refractivity contribution in [3.63, 3.8) is 0 Å². The normalized spacial score (nSPS) is 18.2. The number of hydrogen-bond acceptors (Lipinski definition) is 2. The second-order valence-electron chi connectivity index (χ2n) is 3.90. The number of hydrogen-bond donors (Lipinski definition) is 1. The van der Waals surface area contributed by atoms with Crippen molar-refractivity contribution >= 4 is 0 Å². The average molecular weight is 195 g/mol. The monoisotopic (exact) mass is 195 g/mol. The van der Waals surface area contributed by atoms with Gasteiger partial charge in [0.2, 0.25) is 0 Å². The molecule has 1 aromatic rings. The summed E-state index contributed by atoms with van der Waals surface area (Å²) < 4.78 is 18.4. The summed E-state index contributed by atoms with van der Waals surface area (Å²) in [5.74, 6) is -0.204. The molecular formula is C11H14FNO. The van der Waals surface area contributed by atoms with Crippen molar-refractivity contribution < 1.29 is 9.13 Å². The first-order valence-corrected chi connectivity index (χ1v) is 4.72. The van der Waals surface area contributed by atoms with Crippen molar-refractivity contribution in [2.45, 2.75) is 25.0 Å². The van der Waals surface area contributed by atoms with Crippen LogP contribution in [0.3, 0.4) is 0 Å². The molecule has 1 aromatic carbocycles. The molecule has 0 atom stereocenters. The molecule has 0 heterocycles. The van der Waals surface area contributed by atoms with Gasteiger partial charge < -0.3 is 10.5 Å². The maximum Gasteiger partial charge on any atom is 0.128 e. The lowest BCUT2D eigenvalue weighted by molar-refractivity contribution is 0.184. The van der Waals surface area contributed by atoms with Gasteiger partial charge in [-0.1, -0.05) is 6.07 Å². The summed E-state index contributed by atoms with van der Waals surface area (Å²) in [5.41, 5.74) is 7.15. The van der Waals surface area contributed by atoms with E-state index in [-0.39, 0.29) is 5.82 Å². The standard InChI is InChI=1S/C11H14FNO/c1-14-7-8-2-3-10(12)9(6-8)11(13)4-5-11/h2-3,6H,4-5,7,13H2,1H3. The third kappa shape index (κ3) is 1.65. The lowest BCUT2D eigenvalue weighted by atomic mass is 10.0. The van der Waals surface area contributed by atoms with Gasteiger partial charge in [0.15, 0.2) is 0 Å². The molecule has 0 aromatic heterocycles. The summed E-state index contributed by atoms with van der Waals surface area (Å²) in [6.07, 6.45) is 1.75. The van der Waals surface area contributed by atoms with Crippen molar-refractivity contribution in [1.29, 1.82) is 0 Å². The summed E-state index contributed by atoms with van der Waals surface area (Å²) in [5, 5.41) is 0. The van der Waals surface area contributed by atoms with Gasteiger partial charge in [0, 0.05) is 18.2 Å². The van der Waals surface area contributed by atoms with Gasteiger partial charge in [-0.2, -0.15) is 0 Å². The van der Waals surface area contributed by atoms with E-state index < -0.39 is 5.54 Å². The van der Waals surface area contributed by atoms with E-state index in [0.717, 1.165) is 18.4 Å². The summed E-state index contributed by atoms with van der Waals surface area (Å²) in [6, 6.07) is 5.01. The smallest absolute Gasteiger partial charge is 0.128 e. The van der Waals surface area contributed by atoms with E-state index in [2.05, 4.69) is 0 Å². The van der Waals surface area contributed by atoms with Crippen LogP contribution in [0.2, 0.25) is 0 Å². The minimum absolute atomic E-state index is 0.204. The molecule has 3 heteroatoms. The number of benzene rings is 1. The molecule has 14 heavy (non-hydrogen) atoms. The largest absolute Gasteiger partial charge is 0.380 e. The molecular weight excluding hydrogens is 181 g/mol. The lowest BCUT2D eigenvalue weighted by Gasteiger charge is -2.11. The Kier molecular flexibility index (Phi) is 2.29. The molecule has 76 valence electrons. The van der Waals surface area contributed by atoms with E-state index in [1.54, 1.807) is 13.2 Å². The van der Waals surface area contributed by atoms with E-state index in [4.69, 9.17) is 10.5 Å². The van der Waals surface area contributed by atoms with Gasteiger partial charge in [0.05, 0.1) is 6.61 Å². The third-order valence-corrected chi connectivity index (χ3v) is 2.67. The number of halogens is 1. The maximum absolute atomic E-state index is 13.4. The summed E-state index contributed by atoms with van der Waals surface area (Å²) in [4.78, 5) is 0. The molecule has 0 unspecified atom stereocenters. The summed E-state index contributed by atoms with van der Waals surface area (Å²) in [6.45, 7) is 0.503. The fraction of sp³-hybridized carbons (Fsp3) is 0.455. The van der Waals surface area contributed by atoms with Crippen LogP contribution in [0.5, 0.6) is 0 Å². The minimum atomic E-state index is -0.409. The molecule has 1 aliphatic rings. The first-order chi connectivity index (χ1) is 6.65. The van der Waals surface area contributed by atoms with Gasteiger partial charge in [-0.25, -0.2) is 4.39 Å². The fourth-order valence-electron chi connectivity index (χ4n) is 1.61. The van der Waals surface area contributed by atoms with Crippen LogP contribution >= 0.6 is 0 Å². The molecule has 0 bridgehead atoms. The Morgan fingerprint density at radius 1 is 1.50 bits per heavy atom. The van der Waals surface area contributed by atoms with Crippen LogP contribution in [0.15, 0.2) is 18.2 Å². The minimum Gasteiger partial charge on any atom is -0.380 e. The van der Waals surface area contributed by atoms with E-state index in [1.807, 2.05) is 6.07 Å². The fourth-order valence-corrected chi connectivity index (χ4v) is 1.61. The Labute approximate surface area is 82.9 Å². The second kappa shape index (κ2) is 3.33. The average Bonchev–Trinajstić information content (AvgIpc) is 2.89. The number of rotatable bonds is 3. The van der Waals surface area contributed by atoms with Crippen LogP contribution in [0.25, 0.3) is 0 Å². The van der Waals surface area contributed by atoms with E-state index in [9.17, 15) is 4.39 Å². The Bertz CT molecular complexity index is 347. The third-order valence-electron chi connectivity index (χ3n) is 2.67. The van der Waals surface area contributed by atoms with Crippen molar-refractivity contribution in [1.82, 2.24) is 0 Å². The quantitative estimate of drug-likeness (QED) is 0.799. The van der Waals surface area contributed by atoms with Crippen molar-refractivity contribution in [3.05, 3.63) is 35.1 Å². The Morgan fingerprint density at radius 2 is 2.21 bits per heavy atom. The van der Waals surface area contributed by atoms with Gasteiger partial charge in [0.25, 0.3) is 0 Å². The molecule has 1 fully saturated rings. The summed E-state index contributed by atoms with van der Waals surface area (Å²) >= 11 is 0. The van der Waals surface area contributed by atoms with Gasteiger partial charge in [-0.15, -0.1) is 0 Å². The molecule has 2 rings (SSSR count). The topological polar surface area (TPSA) is 35.2 Å². The van der Waals surface area contributed by atoms with Crippen LogP contribution in [-0.4, -0.2) is 7.11 Å². The SMILES string of the molecule is COCc1ccc(F)c(C2(N)CC2)c1. The van der Waals surface area contributed by atoms with Gasteiger partial charge in [-0.05, 0) is 30.5 Å². The molecule has 2 nitrogen and oxygen atoms in total. The predicted molar refractivity (Wildman–Crippen MR) is 52.2 cm³/mol. The highest BCUT2D eigenvalue weighted by molar-refractivity contribution is 5.34. The first-order valence-electron chi connectivity index (χ1n) is 4.72. The lowest BCUT2D eigenvalue weighted by Crippen LogP contribution is -2.20. The van der Waals surface area contributed by atoms with Crippen LogP contribution in [-0.2, 0) is 16.9 Å². The highest BCUT2D eigenvalue weighted by Gasteiger charge is 2.42. The van der Waals surface area contributed by atoms with E-state index >= 15 is 0 Å². The van der Waals surface area contributed by atoms with Crippen molar-refractivity contribution in [3.8, 4) is 0 Å². The van der Waals surface area contributed by atoms with E-state index in [0.29, 0.717) is 12.2 Å². The molecule has 0 saturated heterocycles. The molecule has 0 amide bonds. The predicted octanol–water partition coefficient (Wildman–Crippen LogP) is 1.92. The van der Waals surface area contributed by atoms with Crippen molar-refractivity contribution in [2.24, 2.45) is 5.73 Å². The van der Waals surface area contributed by atoms with Crippen LogP contribution < -0.4 is 5.73 Å². The highest BCUT2D eigenvalue weighted by Crippen LogP contribution is 2.43. The van der Waals surface area contributed by atoms with Crippen LogP contribution in [0.1, 0.15) is 24.0 Å². The number of ether oxygens (including phenoxy) is 1. The molecule has 0 aliphatic heterocycles. The highest BCUT2D eigenvalue weighted by atomic mass is 19.1. The number of nitrogens with two attached hydrogens (primary N) is 1. The molecule has 2 N–H and O–H groups in total. The molecule has 0 radical (unpaired) electrons. The molecule has 1 saturated carbocycles. The Hall–Kier alpha value is -0.930. The van der Waals surface area contributed by atoms with Gasteiger partial charge >= 0.3 is 0 Å². The zero-order chi connectivity index (χ0) is 10.2. The zero-order valence-electron chi connectivity index (χ0n) is 8.22. The molecule has 0 spiro atoms.